The summed E-state index contributed by atoms with van der Waals surface area (Å²) >= 11 is 3.02. The number of aryl methyl sites for hydroxylation is 1. The second-order valence-electron chi connectivity index (χ2n) is 4.83. The molecule has 0 aliphatic rings. The molecule has 0 aliphatic carbocycles. The molecular formula is C16H15BrF2O2. The molecule has 0 spiro atoms. The van der Waals surface area contributed by atoms with Crippen molar-refractivity contribution in [3.63, 3.8) is 0 Å². The number of hydrogen-bond acceptors (Lipinski definition) is 2. The third-order valence-electron chi connectivity index (χ3n) is 3.13. The van der Waals surface area contributed by atoms with Gasteiger partial charge in [0.1, 0.15) is 24.0 Å². The Morgan fingerprint density at radius 1 is 1.24 bits per heavy atom. The molecule has 0 radical (unpaired) electrons. The number of aliphatic hydroxyl groups is 1. The number of ether oxygens (including phenoxy) is 1. The Morgan fingerprint density at radius 3 is 2.62 bits per heavy atom. The van der Waals surface area contributed by atoms with Crippen LogP contribution in [0.25, 0.3) is 0 Å². The summed E-state index contributed by atoms with van der Waals surface area (Å²) in [5, 5.41) is 9.71. The predicted octanol–water partition coefficient (Wildman–Crippen LogP) is 4.67. The lowest BCUT2D eigenvalue weighted by Crippen LogP contribution is -2.05. The van der Waals surface area contributed by atoms with Gasteiger partial charge in [0.25, 0.3) is 0 Å². The summed E-state index contributed by atoms with van der Waals surface area (Å²) in [7, 11) is 0. The van der Waals surface area contributed by atoms with E-state index >= 15 is 0 Å². The molecule has 2 rings (SSSR count). The van der Waals surface area contributed by atoms with Crippen LogP contribution in [0.15, 0.2) is 34.8 Å². The van der Waals surface area contributed by atoms with Gasteiger partial charge in [-0.25, -0.2) is 8.78 Å². The van der Waals surface area contributed by atoms with Crippen LogP contribution in [0.5, 0.6) is 5.75 Å². The van der Waals surface area contributed by atoms with Gasteiger partial charge in [0.05, 0.1) is 16.1 Å². The number of benzene rings is 2. The van der Waals surface area contributed by atoms with Gasteiger partial charge < -0.3 is 9.84 Å². The van der Waals surface area contributed by atoms with Gasteiger partial charge in [-0.1, -0.05) is 12.1 Å². The molecular weight excluding hydrogens is 342 g/mol. The maximum atomic E-state index is 13.9. The normalized spacial score (nSPS) is 12.3. The van der Waals surface area contributed by atoms with E-state index in [0.717, 1.165) is 5.56 Å². The molecule has 21 heavy (non-hydrogen) atoms. The molecule has 1 atom stereocenters. The maximum absolute atomic E-state index is 13.9. The molecule has 2 aromatic rings. The summed E-state index contributed by atoms with van der Waals surface area (Å²) in [5.74, 6) is -0.924. The Balaban J connectivity index is 2.29. The average molecular weight is 357 g/mol. The van der Waals surface area contributed by atoms with Crippen molar-refractivity contribution >= 4 is 15.9 Å². The quantitative estimate of drug-likeness (QED) is 0.806. The summed E-state index contributed by atoms with van der Waals surface area (Å²) < 4.78 is 33.3. The van der Waals surface area contributed by atoms with Gasteiger partial charge in [0.15, 0.2) is 0 Å². The lowest BCUT2D eigenvalue weighted by molar-refractivity contribution is 0.189. The van der Waals surface area contributed by atoms with Gasteiger partial charge in [-0.05, 0) is 53.5 Å². The van der Waals surface area contributed by atoms with E-state index in [0.29, 0.717) is 11.3 Å². The van der Waals surface area contributed by atoms with Crippen molar-refractivity contribution in [3.05, 3.63) is 63.1 Å². The van der Waals surface area contributed by atoms with Crippen molar-refractivity contribution in [2.24, 2.45) is 0 Å². The summed E-state index contributed by atoms with van der Waals surface area (Å²) in [6.45, 7) is 3.23. The summed E-state index contributed by atoms with van der Waals surface area (Å²) in [6.07, 6.45) is -0.724. The molecule has 2 nitrogen and oxygen atoms in total. The van der Waals surface area contributed by atoms with E-state index in [-0.39, 0.29) is 16.6 Å². The van der Waals surface area contributed by atoms with E-state index < -0.39 is 17.7 Å². The van der Waals surface area contributed by atoms with Crippen molar-refractivity contribution < 1.29 is 18.6 Å². The molecule has 0 fully saturated rings. The summed E-state index contributed by atoms with van der Waals surface area (Å²) in [6, 6.07) is 7.80. The van der Waals surface area contributed by atoms with Crippen LogP contribution in [0.2, 0.25) is 0 Å². The molecule has 0 heterocycles. The molecule has 112 valence electrons. The Hall–Kier alpha value is -1.46. The molecule has 5 heteroatoms. The van der Waals surface area contributed by atoms with Gasteiger partial charge in [0.2, 0.25) is 0 Å². The minimum absolute atomic E-state index is 0.151. The van der Waals surface area contributed by atoms with E-state index in [2.05, 4.69) is 15.9 Å². The monoisotopic (exact) mass is 356 g/mol. The van der Waals surface area contributed by atoms with Gasteiger partial charge >= 0.3 is 0 Å². The summed E-state index contributed by atoms with van der Waals surface area (Å²) in [5.41, 5.74) is 1.36. The van der Waals surface area contributed by atoms with Crippen LogP contribution >= 0.6 is 15.9 Å². The predicted molar refractivity (Wildman–Crippen MR) is 80.2 cm³/mol. The van der Waals surface area contributed by atoms with Crippen LogP contribution in [0, 0.1) is 18.6 Å². The van der Waals surface area contributed by atoms with Crippen LogP contribution in [0.1, 0.15) is 29.7 Å². The first-order valence-corrected chi connectivity index (χ1v) is 7.23. The zero-order valence-electron chi connectivity index (χ0n) is 11.7. The minimum atomic E-state index is -0.724. The number of halogens is 3. The van der Waals surface area contributed by atoms with E-state index in [4.69, 9.17) is 4.74 Å². The Morgan fingerprint density at radius 2 is 1.95 bits per heavy atom. The average Bonchev–Trinajstić information content (AvgIpc) is 2.43. The van der Waals surface area contributed by atoms with E-state index in [9.17, 15) is 13.9 Å². The van der Waals surface area contributed by atoms with Crippen LogP contribution in [-0.4, -0.2) is 5.11 Å². The Kier molecular flexibility index (Phi) is 4.96. The first-order valence-electron chi connectivity index (χ1n) is 6.44. The van der Waals surface area contributed by atoms with Crippen molar-refractivity contribution in [3.8, 4) is 5.75 Å². The van der Waals surface area contributed by atoms with Crippen molar-refractivity contribution in [2.75, 3.05) is 0 Å². The molecule has 0 aromatic heterocycles. The zero-order chi connectivity index (χ0) is 15.6. The van der Waals surface area contributed by atoms with Crippen molar-refractivity contribution in [2.45, 2.75) is 26.6 Å². The molecule has 0 amide bonds. The molecule has 0 unspecified atom stereocenters. The molecule has 0 saturated heterocycles. The third-order valence-corrected chi connectivity index (χ3v) is 3.74. The maximum Gasteiger partial charge on any atom is 0.146 e. The second kappa shape index (κ2) is 6.54. The third kappa shape index (κ3) is 3.60. The van der Waals surface area contributed by atoms with Crippen molar-refractivity contribution in [1.29, 1.82) is 0 Å². The zero-order valence-corrected chi connectivity index (χ0v) is 13.2. The SMILES string of the molecule is Cc1ccc([C@@H](C)O)c(OCc2c(F)ccc(Br)c2F)c1. The molecule has 0 saturated carbocycles. The molecule has 0 bridgehead atoms. The first kappa shape index (κ1) is 15.9. The minimum Gasteiger partial charge on any atom is -0.488 e. The standard InChI is InChI=1S/C16H15BrF2O2/c1-9-3-4-11(10(2)20)15(7-9)21-8-12-14(18)6-5-13(17)16(12)19/h3-7,10,20H,8H2,1-2H3/t10-/m1/s1. The van der Waals surface area contributed by atoms with Crippen molar-refractivity contribution in [1.82, 2.24) is 0 Å². The van der Waals surface area contributed by atoms with Crippen LogP contribution in [0.4, 0.5) is 8.78 Å². The number of hydrogen-bond donors (Lipinski definition) is 1. The fourth-order valence-corrected chi connectivity index (χ4v) is 2.33. The smallest absolute Gasteiger partial charge is 0.146 e. The van der Waals surface area contributed by atoms with Crippen LogP contribution < -0.4 is 4.74 Å². The second-order valence-corrected chi connectivity index (χ2v) is 5.68. The molecule has 1 N–H and O–H groups in total. The fraction of sp³-hybridized carbons (Fsp3) is 0.250. The van der Waals surface area contributed by atoms with Crippen LogP contribution in [0.3, 0.4) is 0 Å². The molecule has 2 aromatic carbocycles. The van der Waals surface area contributed by atoms with Gasteiger partial charge in [-0.3, -0.25) is 0 Å². The largest absolute Gasteiger partial charge is 0.488 e. The van der Waals surface area contributed by atoms with Crippen LogP contribution in [-0.2, 0) is 6.61 Å². The highest BCUT2D eigenvalue weighted by Gasteiger charge is 2.15. The topological polar surface area (TPSA) is 29.5 Å². The lowest BCUT2D eigenvalue weighted by Gasteiger charge is -2.15. The van der Waals surface area contributed by atoms with Gasteiger partial charge in [0, 0.05) is 5.56 Å². The fourth-order valence-electron chi connectivity index (χ4n) is 1.96. The number of rotatable bonds is 4. The molecule has 0 aliphatic heterocycles. The van der Waals surface area contributed by atoms with E-state index in [1.165, 1.54) is 12.1 Å². The number of aliphatic hydroxyl groups excluding tert-OH is 1. The van der Waals surface area contributed by atoms with Gasteiger partial charge in [-0.2, -0.15) is 0 Å². The lowest BCUT2D eigenvalue weighted by atomic mass is 10.1. The Labute approximate surface area is 130 Å². The highest BCUT2D eigenvalue weighted by molar-refractivity contribution is 9.10. The first-order chi connectivity index (χ1) is 9.90. The summed E-state index contributed by atoms with van der Waals surface area (Å²) in [4.78, 5) is 0. The highest BCUT2D eigenvalue weighted by Crippen LogP contribution is 2.28. The van der Waals surface area contributed by atoms with E-state index in [1.54, 1.807) is 19.1 Å². The Bertz CT molecular complexity index is 657. The van der Waals surface area contributed by atoms with E-state index in [1.807, 2.05) is 13.0 Å². The highest BCUT2D eigenvalue weighted by atomic mass is 79.9. The van der Waals surface area contributed by atoms with Gasteiger partial charge in [-0.15, -0.1) is 0 Å².